The van der Waals surface area contributed by atoms with Gasteiger partial charge in [-0.15, -0.1) is 0 Å². The molecule has 0 radical (unpaired) electrons. The minimum Gasteiger partial charge on any atom is -0.279 e. The average Bonchev–Trinajstić information content (AvgIpc) is 2.76. The standard InChI is InChI=1S/C26H21BrN2/c1-18-7-11-21(12-8-18)25(29-17-19-9-14-22(27)15-10-19)24-16-13-20-5-3-4-6-23(20)26(24)28-2/h3-16H,2,17H2,1H3. The van der Waals surface area contributed by atoms with Crippen molar-refractivity contribution in [1.29, 1.82) is 0 Å². The number of benzene rings is 4. The highest BCUT2D eigenvalue weighted by Gasteiger charge is 2.14. The van der Waals surface area contributed by atoms with E-state index in [1.54, 1.807) is 0 Å². The van der Waals surface area contributed by atoms with Crippen molar-refractivity contribution in [3.8, 4) is 0 Å². The molecule has 0 atom stereocenters. The fourth-order valence-corrected chi connectivity index (χ4v) is 3.68. The zero-order valence-corrected chi connectivity index (χ0v) is 17.9. The van der Waals surface area contributed by atoms with Crippen molar-refractivity contribution in [2.24, 2.45) is 9.98 Å². The topological polar surface area (TPSA) is 24.7 Å². The lowest BCUT2D eigenvalue weighted by atomic mass is 9.96. The first-order chi connectivity index (χ1) is 14.2. The van der Waals surface area contributed by atoms with Crippen LogP contribution in [-0.2, 0) is 6.54 Å². The minimum atomic E-state index is 0.597. The van der Waals surface area contributed by atoms with Crippen molar-refractivity contribution in [3.63, 3.8) is 0 Å². The summed E-state index contributed by atoms with van der Waals surface area (Å²) in [5, 5.41) is 2.23. The van der Waals surface area contributed by atoms with Crippen molar-refractivity contribution in [2.45, 2.75) is 13.5 Å². The van der Waals surface area contributed by atoms with Crippen LogP contribution in [0.4, 0.5) is 5.69 Å². The molecule has 29 heavy (non-hydrogen) atoms. The summed E-state index contributed by atoms with van der Waals surface area (Å²) in [4.78, 5) is 9.41. The summed E-state index contributed by atoms with van der Waals surface area (Å²) in [5.74, 6) is 0. The third-order valence-electron chi connectivity index (χ3n) is 4.97. The van der Waals surface area contributed by atoms with Crippen LogP contribution in [0.15, 0.2) is 99.4 Å². The average molecular weight is 441 g/mol. The summed E-state index contributed by atoms with van der Waals surface area (Å²) in [5.41, 5.74) is 6.26. The van der Waals surface area contributed by atoms with Gasteiger partial charge in [-0.3, -0.25) is 9.98 Å². The van der Waals surface area contributed by atoms with Gasteiger partial charge in [-0.05, 0) is 42.8 Å². The number of halogens is 1. The first-order valence-electron chi connectivity index (χ1n) is 9.50. The van der Waals surface area contributed by atoms with E-state index in [9.17, 15) is 0 Å². The highest BCUT2D eigenvalue weighted by Crippen LogP contribution is 2.32. The van der Waals surface area contributed by atoms with Crippen LogP contribution in [0.2, 0.25) is 0 Å². The summed E-state index contributed by atoms with van der Waals surface area (Å²) < 4.78 is 1.07. The predicted molar refractivity (Wildman–Crippen MR) is 128 cm³/mol. The number of nitrogens with zero attached hydrogens (tertiary/aromatic N) is 2. The zero-order chi connectivity index (χ0) is 20.2. The van der Waals surface area contributed by atoms with Gasteiger partial charge in [0.25, 0.3) is 0 Å². The number of hydrogen-bond acceptors (Lipinski definition) is 2. The third-order valence-corrected chi connectivity index (χ3v) is 5.50. The number of fused-ring (bicyclic) bond motifs is 1. The van der Waals surface area contributed by atoms with Crippen LogP contribution in [0, 0.1) is 6.92 Å². The van der Waals surface area contributed by atoms with Gasteiger partial charge in [0.15, 0.2) is 0 Å². The summed E-state index contributed by atoms with van der Waals surface area (Å²) in [7, 11) is 0. The van der Waals surface area contributed by atoms with Gasteiger partial charge in [0.1, 0.15) is 0 Å². The Morgan fingerprint density at radius 2 is 1.59 bits per heavy atom. The number of aryl methyl sites for hydroxylation is 1. The molecular weight excluding hydrogens is 420 g/mol. The Balaban J connectivity index is 1.87. The van der Waals surface area contributed by atoms with Gasteiger partial charge in [0.05, 0.1) is 17.9 Å². The summed E-state index contributed by atoms with van der Waals surface area (Å²) in [6, 6.07) is 29.2. The Bertz CT molecular complexity index is 1190. The van der Waals surface area contributed by atoms with Crippen LogP contribution in [0.5, 0.6) is 0 Å². The van der Waals surface area contributed by atoms with Crippen molar-refractivity contribution < 1.29 is 0 Å². The second-order valence-electron chi connectivity index (χ2n) is 7.00. The van der Waals surface area contributed by atoms with Gasteiger partial charge in [-0.25, -0.2) is 0 Å². The first-order valence-corrected chi connectivity index (χ1v) is 10.3. The van der Waals surface area contributed by atoms with Crippen LogP contribution in [0.25, 0.3) is 10.8 Å². The van der Waals surface area contributed by atoms with Gasteiger partial charge in [-0.2, -0.15) is 0 Å². The van der Waals surface area contributed by atoms with Crippen LogP contribution in [0.3, 0.4) is 0 Å². The van der Waals surface area contributed by atoms with E-state index in [4.69, 9.17) is 4.99 Å². The molecule has 4 aromatic carbocycles. The molecule has 0 saturated heterocycles. The molecule has 4 rings (SSSR count). The highest BCUT2D eigenvalue weighted by atomic mass is 79.9. The molecule has 0 fully saturated rings. The summed E-state index contributed by atoms with van der Waals surface area (Å²) >= 11 is 3.49. The Morgan fingerprint density at radius 3 is 2.31 bits per heavy atom. The lowest BCUT2D eigenvalue weighted by molar-refractivity contribution is 1.07. The maximum atomic E-state index is 5.02. The molecule has 0 bridgehead atoms. The maximum Gasteiger partial charge on any atom is 0.0794 e. The lowest BCUT2D eigenvalue weighted by Crippen LogP contribution is -2.05. The van der Waals surface area contributed by atoms with Gasteiger partial charge in [-0.1, -0.05) is 88.2 Å². The normalized spacial score (nSPS) is 11.6. The molecule has 0 N–H and O–H groups in total. The Kier molecular flexibility index (Phi) is 5.68. The SMILES string of the molecule is C=Nc1c(C(=NCc2ccc(Br)cc2)c2ccc(C)cc2)ccc2ccccc12. The van der Waals surface area contributed by atoms with Crippen LogP contribution in [0.1, 0.15) is 22.3 Å². The molecule has 0 spiro atoms. The van der Waals surface area contributed by atoms with E-state index in [1.807, 2.05) is 24.3 Å². The minimum absolute atomic E-state index is 0.597. The van der Waals surface area contributed by atoms with E-state index in [0.717, 1.165) is 43.3 Å². The van der Waals surface area contributed by atoms with Crippen molar-refractivity contribution in [2.75, 3.05) is 0 Å². The summed E-state index contributed by atoms with van der Waals surface area (Å²) in [6.45, 7) is 6.54. The largest absolute Gasteiger partial charge is 0.279 e. The van der Waals surface area contributed by atoms with E-state index in [0.29, 0.717) is 6.54 Å². The number of hydrogen-bond donors (Lipinski definition) is 0. The monoisotopic (exact) mass is 440 g/mol. The summed E-state index contributed by atoms with van der Waals surface area (Å²) in [6.07, 6.45) is 0. The van der Waals surface area contributed by atoms with Gasteiger partial charge in [0, 0.05) is 21.0 Å². The number of rotatable bonds is 5. The van der Waals surface area contributed by atoms with E-state index >= 15 is 0 Å². The molecule has 0 aliphatic carbocycles. The molecular formula is C26H21BrN2. The van der Waals surface area contributed by atoms with Crippen LogP contribution in [-0.4, -0.2) is 12.4 Å². The molecule has 0 aliphatic heterocycles. The molecule has 0 saturated carbocycles. The van der Waals surface area contributed by atoms with Crippen molar-refractivity contribution in [1.82, 2.24) is 0 Å². The van der Waals surface area contributed by atoms with Gasteiger partial charge in [0.2, 0.25) is 0 Å². The molecule has 4 aromatic rings. The predicted octanol–water partition coefficient (Wildman–Crippen LogP) is 7.28. The van der Waals surface area contributed by atoms with E-state index in [-0.39, 0.29) is 0 Å². The number of aliphatic imine (C=N–C) groups is 2. The van der Waals surface area contributed by atoms with E-state index in [2.05, 4.69) is 95.2 Å². The molecule has 142 valence electrons. The molecule has 3 heteroatoms. The lowest BCUT2D eigenvalue weighted by Gasteiger charge is -2.13. The van der Waals surface area contributed by atoms with Crippen LogP contribution >= 0.6 is 15.9 Å². The van der Waals surface area contributed by atoms with E-state index in [1.165, 1.54) is 5.56 Å². The maximum absolute atomic E-state index is 5.02. The van der Waals surface area contributed by atoms with Gasteiger partial charge < -0.3 is 0 Å². The van der Waals surface area contributed by atoms with Crippen molar-refractivity contribution in [3.05, 3.63) is 112 Å². The molecule has 0 aliphatic rings. The van der Waals surface area contributed by atoms with Crippen LogP contribution < -0.4 is 0 Å². The molecule has 0 unspecified atom stereocenters. The fraction of sp³-hybridized carbons (Fsp3) is 0.0769. The molecule has 0 aromatic heterocycles. The smallest absolute Gasteiger partial charge is 0.0794 e. The Hall–Kier alpha value is -3.04. The molecule has 2 nitrogen and oxygen atoms in total. The van der Waals surface area contributed by atoms with E-state index < -0.39 is 0 Å². The third kappa shape index (κ3) is 4.20. The first kappa shape index (κ1) is 19.3. The second-order valence-corrected chi connectivity index (χ2v) is 7.91. The van der Waals surface area contributed by atoms with Gasteiger partial charge >= 0.3 is 0 Å². The highest BCUT2D eigenvalue weighted by molar-refractivity contribution is 9.10. The fourth-order valence-electron chi connectivity index (χ4n) is 3.42. The Morgan fingerprint density at radius 1 is 0.862 bits per heavy atom. The molecule has 0 amide bonds. The van der Waals surface area contributed by atoms with Crippen molar-refractivity contribution >= 4 is 44.8 Å². The Labute approximate surface area is 179 Å². The zero-order valence-electron chi connectivity index (χ0n) is 16.3. The second kappa shape index (κ2) is 8.54. The quantitative estimate of drug-likeness (QED) is 0.291. The molecule has 0 heterocycles.